The van der Waals surface area contributed by atoms with Crippen LogP contribution in [0.4, 0.5) is 5.69 Å². The van der Waals surface area contributed by atoms with Crippen molar-refractivity contribution in [1.29, 1.82) is 0 Å². The summed E-state index contributed by atoms with van der Waals surface area (Å²) in [5, 5.41) is 13.7. The third-order valence-electron chi connectivity index (χ3n) is 3.75. The molecule has 0 spiro atoms. The van der Waals surface area contributed by atoms with Gasteiger partial charge in [0.05, 0.1) is 5.25 Å². The Morgan fingerprint density at radius 3 is 2.65 bits per heavy atom. The predicted molar refractivity (Wildman–Crippen MR) is 93.6 cm³/mol. The maximum absolute atomic E-state index is 12.5. The molecule has 1 aromatic heterocycles. The van der Waals surface area contributed by atoms with E-state index in [2.05, 4.69) is 15.5 Å². The van der Waals surface area contributed by atoms with Crippen LogP contribution in [0.5, 0.6) is 0 Å². The summed E-state index contributed by atoms with van der Waals surface area (Å²) in [7, 11) is 1.90. The van der Waals surface area contributed by atoms with Crippen molar-refractivity contribution < 1.29 is 4.79 Å². The number of benzene rings is 2. The van der Waals surface area contributed by atoms with Gasteiger partial charge in [0, 0.05) is 18.1 Å². The Kier molecular flexibility index (Phi) is 4.34. The minimum Gasteiger partial charge on any atom is -0.325 e. The van der Waals surface area contributed by atoms with Gasteiger partial charge >= 0.3 is 0 Å². The number of nitrogens with zero attached hydrogens (tertiary/aromatic N) is 3. The molecule has 3 rings (SSSR count). The lowest BCUT2D eigenvalue weighted by molar-refractivity contribution is -0.115. The lowest BCUT2D eigenvalue weighted by Gasteiger charge is -2.13. The molecule has 0 aliphatic carbocycles. The van der Waals surface area contributed by atoms with E-state index in [0.717, 1.165) is 27.4 Å². The molecule has 23 heavy (non-hydrogen) atoms. The number of aromatic nitrogens is 3. The molecule has 1 N–H and O–H groups in total. The second kappa shape index (κ2) is 6.42. The van der Waals surface area contributed by atoms with E-state index in [4.69, 9.17) is 0 Å². The second-order valence-corrected chi connectivity index (χ2v) is 6.67. The molecule has 0 unspecified atom stereocenters. The Morgan fingerprint density at radius 2 is 1.91 bits per heavy atom. The molecule has 0 fully saturated rings. The van der Waals surface area contributed by atoms with Gasteiger partial charge in [-0.3, -0.25) is 4.79 Å². The Labute approximate surface area is 139 Å². The first-order valence-corrected chi connectivity index (χ1v) is 8.25. The summed E-state index contributed by atoms with van der Waals surface area (Å²) in [5.74, 6) is 0.779. The molecule has 2 aromatic carbocycles. The zero-order valence-electron chi connectivity index (χ0n) is 13.3. The summed E-state index contributed by atoms with van der Waals surface area (Å²) in [6, 6.07) is 13.9. The van der Waals surface area contributed by atoms with Gasteiger partial charge in [-0.2, -0.15) is 0 Å². The minimum atomic E-state index is -0.267. The van der Waals surface area contributed by atoms with E-state index in [1.54, 1.807) is 0 Å². The van der Waals surface area contributed by atoms with Gasteiger partial charge in [-0.1, -0.05) is 48.2 Å². The zero-order chi connectivity index (χ0) is 16.4. The van der Waals surface area contributed by atoms with Gasteiger partial charge in [-0.05, 0) is 25.3 Å². The van der Waals surface area contributed by atoms with Gasteiger partial charge in [0.2, 0.25) is 5.91 Å². The number of anilines is 1. The van der Waals surface area contributed by atoms with Crippen molar-refractivity contribution in [2.75, 3.05) is 5.32 Å². The lowest BCUT2D eigenvalue weighted by atomic mass is 10.1. The lowest BCUT2D eigenvalue weighted by Crippen LogP contribution is -2.23. The molecular formula is C17H18N4OS. The molecule has 3 aromatic rings. The number of carbonyl (C=O) groups is 1. The van der Waals surface area contributed by atoms with Crippen molar-refractivity contribution in [3.05, 3.63) is 48.3 Å². The molecule has 6 heteroatoms. The van der Waals surface area contributed by atoms with Gasteiger partial charge in [-0.15, -0.1) is 10.2 Å². The van der Waals surface area contributed by atoms with Crippen LogP contribution in [0.2, 0.25) is 0 Å². The Balaban J connectivity index is 1.76. The summed E-state index contributed by atoms with van der Waals surface area (Å²) < 4.78 is 1.88. The maximum Gasteiger partial charge on any atom is 0.237 e. The van der Waals surface area contributed by atoms with Crippen LogP contribution in [0.25, 0.3) is 10.8 Å². The van der Waals surface area contributed by atoms with Crippen molar-refractivity contribution in [3.63, 3.8) is 0 Å². The third-order valence-corrected chi connectivity index (χ3v) is 4.89. The summed E-state index contributed by atoms with van der Waals surface area (Å²) in [5.41, 5.74) is 0.828. The molecule has 1 heterocycles. The fraction of sp³-hybridized carbons (Fsp3) is 0.235. The first-order valence-electron chi connectivity index (χ1n) is 7.37. The van der Waals surface area contributed by atoms with E-state index in [1.807, 2.05) is 67.9 Å². The van der Waals surface area contributed by atoms with Crippen LogP contribution >= 0.6 is 11.8 Å². The highest BCUT2D eigenvalue weighted by molar-refractivity contribution is 8.00. The number of aryl methyl sites for hydroxylation is 1. The number of hydrogen-bond acceptors (Lipinski definition) is 4. The summed E-state index contributed by atoms with van der Waals surface area (Å²) in [4.78, 5) is 12.5. The fourth-order valence-electron chi connectivity index (χ4n) is 2.27. The summed E-state index contributed by atoms with van der Waals surface area (Å²) in [6.07, 6.45) is 0. The van der Waals surface area contributed by atoms with Crippen LogP contribution in [0, 0.1) is 6.92 Å². The monoisotopic (exact) mass is 326 g/mol. The van der Waals surface area contributed by atoms with Crippen LogP contribution in [0.15, 0.2) is 47.6 Å². The largest absolute Gasteiger partial charge is 0.325 e. The fourth-order valence-corrected chi connectivity index (χ4v) is 3.13. The van der Waals surface area contributed by atoms with Crippen molar-refractivity contribution in [3.8, 4) is 0 Å². The highest BCUT2D eigenvalue weighted by Crippen LogP contribution is 2.26. The Bertz CT molecular complexity index is 853. The SMILES string of the molecule is Cc1nnc(S[C@H](C)C(=O)Nc2cccc3ccccc23)n1C. The molecule has 0 aliphatic heterocycles. The Hall–Kier alpha value is -2.34. The minimum absolute atomic E-state index is 0.0491. The molecular weight excluding hydrogens is 308 g/mol. The van der Waals surface area contributed by atoms with E-state index in [1.165, 1.54) is 11.8 Å². The van der Waals surface area contributed by atoms with E-state index < -0.39 is 0 Å². The highest BCUT2D eigenvalue weighted by Gasteiger charge is 2.18. The Morgan fingerprint density at radius 1 is 1.17 bits per heavy atom. The van der Waals surface area contributed by atoms with Gasteiger partial charge in [0.1, 0.15) is 5.82 Å². The molecule has 0 saturated carbocycles. The van der Waals surface area contributed by atoms with Crippen LogP contribution < -0.4 is 5.32 Å². The second-order valence-electron chi connectivity index (χ2n) is 5.36. The molecule has 5 nitrogen and oxygen atoms in total. The molecule has 0 radical (unpaired) electrons. The van der Waals surface area contributed by atoms with Crippen LogP contribution in [-0.2, 0) is 11.8 Å². The van der Waals surface area contributed by atoms with Gasteiger partial charge in [0.25, 0.3) is 0 Å². The van der Waals surface area contributed by atoms with Crippen LogP contribution in [-0.4, -0.2) is 25.9 Å². The molecule has 0 aliphatic rings. The number of fused-ring (bicyclic) bond motifs is 1. The zero-order valence-corrected chi connectivity index (χ0v) is 14.1. The first-order chi connectivity index (χ1) is 11.1. The van der Waals surface area contributed by atoms with E-state index in [9.17, 15) is 4.79 Å². The number of hydrogen-bond donors (Lipinski definition) is 1. The number of thioether (sulfide) groups is 1. The van der Waals surface area contributed by atoms with Crippen molar-refractivity contribution in [2.45, 2.75) is 24.3 Å². The molecule has 118 valence electrons. The van der Waals surface area contributed by atoms with E-state index >= 15 is 0 Å². The quantitative estimate of drug-likeness (QED) is 0.747. The van der Waals surface area contributed by atoms with Crippen molar-refractivity contribution >= 4 is 34.1 Å². The van der Waals surface area contributed by atoms with Gasteiger partial charge in [-0.25, -0.2) is 0 Å². The van der Waals surface area contributed by atoms with E-state index in [0.29, 0.717) is 0 Å². The maximum atomic E-state index is 12.5. The number of carbonyl (C=O) groups excluding carboxylic acids is 1. The van der Waals surface area contributed by atoms with Gasteiger partial charge < -0.3 is 9.88 Å². The summed E-state index contributed by atoms with van der Waals surface area (Å²) in [6.45, 7) is 3.76. The molecule has 0 bridgehead atoms. The van der Waals surface area contributed by atoms with Crippen molar-refractivity contribution in [2.24, 2.45) is 7.05 Å². The van der Waals surface area contributed by atoms with Crippen molar-refractivity contribution in [1.82, 2.24) is 14.8 Å². The average molecular weight is 326 g/mol. The molecule has 1 amide bonds. The molecule has 0 saturated heterocycles. The van der Waals surface area contributed by atoms with Gasteiger partial charge in [0.15, 0.2) is 5.16 Å². The first kappa shape index (κ1) is 15.6. The topological polar surface area (TPSA) is 59.8 Å². The number of rotatable bonds is 4. The number of amides is 1. The highest BCUT2D eigenvalue weighted by atomic mass is 32.2. The third kappa shape index (κ3) is 3.22. The molecule has 1 atom stereocenters. The number of nitrogens with one attached hydrogen (secondary N) is 1. The van der Waals surface area contributed by atoms with E-state index in [-0.39, 0.29) is 11.2 Å². The predicted octanol–water partition coefficient (Wildman–Crippen LogP) is 3.40. The normalized spacial score (nSPS) is 12.3. The standard InChI is InChI=1S/C17H18N4OS/c1-11(23-17-20-19-12(2)21(17)3)16(22)18-15-10-6-8-13-7-4-5-9-14(13)15/h4-11H,1-3H3,(H,18,22)/t11-/m1/s1. The van der Waals surface area contributed by atoms with Crippen LogP contribution in [0.3, 0.4) is 0 Å². The average Bonchev–Trinajstić information content (AvgIpc) is 2.87. The summed E-state index contributed by atoms with van der Waals surface area (Å²) >= 11 is 1.40. The van der Waals surface area contributed by atoms with Crippen LogP contribution in [0.1, 0.15) is 12.7 Å². The smallest absolute Gasteiger partial charge is 0.237 e.